The lowest BCUT2D eigenvalue weighted by atomic mass is 10.0. The quantitative estimate of drug-likeness (QED) is 0.385. The van der Waals surface area contributed by atoms with E-state index in [1.165, 1.54) is 0 Å². The normalized spacial score (nSPS) is 10.8. The third-order valence-corrected chi connectivity index (χ3v) is 5.40. The van der Waals surface area contributed by atoms with Crippen molar-refractivity contribution in [3.05, 3.63) is 75.8 Å². The lowest BCUT2D eigenvalue weighted by Crippen LogP contribution is -2.19. The van der Waals surface area contributed by atoms with E-state index in [4.69, 9.17) is 16.3 Å². The van der Waals surface area contributed by atoms with Crippen molar-refractivity contribution in [2.45, 2.75) is 40.5 Å². The Labute approximate surface area is 188 Å². The second-order valence-corrected chi connectivity index (χ2v) is 8.37. The van der Waals surface area contributed by atoms with E-state index in [-0.39, 0.29) is 17.7 Å². The van der Waals surface area contributed by atoms with Gasteiger partial charge in [-0.1, -0.05) is 31.5 Å². The van der Waals surface area contributed by atoms with Crippen molar-refractivity contribution < 1.29 is 14.6 Å². The molecule has 0 bridgehead atoms. The van der Waals surface area contributed by atoms with Crippen LogP contribution in [0.5, 0.6) is 17.2 Å². The molecule has 0 aliphatic rings. The number of aromatic hydroxyl groups is 1. The summed E-state index contributed by atoms with van der Waals surface area (Å²) in [7, 11) is 0. The molecule has 162 valence electrons. The number of halogens is 1. The van der Waals surface area contributed by atoms with E-state index >= 15 is 0 Å². The summed E-state index contributed by atoms with van der Waals surface area (Å²) < 4.78 is 6.11. The van der Waals surface area contributed by atoms with Crippen LogP contribution in [-0.2, 0) is 0 Å². The Balaban J connectivity index is 1.75. The molecular formula is C25H27ClN2O3. The van der Waals surface area contributed by atoms with Gasteiger partial charge < -0.3 is 20.5 Å². The van der Waals surface area contributed by atoms with Crippen molar-refractivity contribution in [3.8, 4) is 17.2 Å². The Bertz CT molecular complexity index is 1100. The second kappa shape index (κ2) is 9.31. The fourth-order valence-corrected chi connectivity index (χ4v) is 3.50. The highest BCUT2D eigenvalue weighted by molar-refractivity contribution is 6.31. The maximum Gasteiger partial charge on any atom is 0.323 e. The van der Waals surface area contributed by atoms with Gasteiger partial charge in [-0.2, -0.15) is 0 Å². The van der Waals surface area contributed by atoms with Crippen LogP contribution < -0.4 is 15.4 Å². The molecule has 0 fully saturated rings. The van der Waals surface area contributed by atoms with Crippen LogP contribution in [0.3, 0.4) is 0 Å². The van der Waals surface area contributed by atoms with E-state index in [0.717, 1.165) is 28.0 Å². The first kappa shape index (κ1) is 22.5. The Hall–Kier alpha value is -3.18. The van der Waals surface area contributed by atoms with Gasteiger partial charge in [0.2, 0.25) is 0 Å². The summed E-state index contributed by atoms with van der Waals surface area (Å²) in [5, 5.41) is 16.3. The number of hydrogen-bond donors (Lipinski definition) is 3. The average molecular weight is 439 g/mol. The molecule has 0 saturated carbocycles. The minimum Gasteiger partial charge on any atom is -0.508 e. The molecule has 0 atom stereocenters. The number of nitrogens with one attached hydrogen (secondary N) is 2. The highest BCUT2D eigenvalue weighted by Gasteiger charge is 2.13. The highest BCUT2D eigenvalue weighted by atomic mass is 35.5. The van der Waals surface area contributed by atoms with Gasteiger partial charge in [-0.15, -0.1) is 0 Å². The molecule has 0 saturated heterocycles. The molecule has 0 aromatic heterocycles. The van der Waals surface area contributed by atoms with Crippen molar-refractivity contribution in [1.82, 2.24) is 0 Å². The molecular weight excluding hydrogens is 412 g/mol. The Morgan fingerprint density at radius 1 is 0.903 bits per heavy atom. The van der Waals surface area contributed by atoms with Crippen LogP contribution in [0.25, 0.3) is 0 Å². The molecule has 0 heterocycles. The van der Waals surface area contributed by atoms with Gasteiger partial charge in [0.05, 0.1) is 0 Å². The summed E-state index contributed by atoms with van der Waals surface area (Å²) in [4.78, 5) is 12.4. The van der Waals surface area contributed by atoms with Gasteiger partial charge >= 0.3 is 6.03 Å². The largest absolute Gasteiger partial charge is 0.508 e. The van der Waals surface area contributed by atoms with Crippen molar-refractivity contribution >= 4 is 29.0 Å². The first-order chi connectivity index (χ1) is 14.6. The molecule has 0 aliphatic heterocycles. The van der Waals surface area contributed by atoms with E-state index in [9.17, 15) is 9.90 Å². The van der Waals surface area contributed by atoms with Gasteiger partial charge in [0, 0.05) is 22.0 Å². The number of anilines is 2. The zero-order chi connectivity index (χ0) is 22.7. The number of phenolic OH excluding ortho intramolecular Hbond substituents is 1. The van der Waals surface area contributed by atoms with Gasteiger partial charge in [-0.05, 0) is 85.8 Å². The average Bonchev–Trinajstić information content (AvgIpc) is 2.68. The minimum absolute atomic E-state index is 0.180. The van der Waals surface area contributed by atoms with E-state index < -0.39 is 0 Å². The van der Waals surface area contributed by atoms with Gasteiger partial charge in [0.15, 0.2) is 0 Å². The monoisotopic (exact) mass is 438 g/mol. The molecule has 6 heteroatoms. The van der Waals surface area contributed by atoms with Crippen molar-refractivity contribution in [2.24, 2.45) is 0 Å². The summed E-state index contributed by atoms with van der Waals surface area (Å²) in [6.45, 7) is 9.80. The van der Waals surface area contributed by atoms with Crippen LogP contribution in [0.1, 0.15) is 42.0 Å². The molecule has 31 heavy (non-hydrogen) atoms. The number of rotatable bonds is 5. The maximum atomic E-state index is 12.4. The van der Waals surface area contributed by atoms with Crippen molar-refractivity contribution in [3.63, 3.8) is 0 Å². The van der Waals surface area contributed by atoms with Crippen molar-refractivity contribution in [2.75, 3.05) is 10.6 Å². The lowest BCUT2D eigenvalue weighted by Gasteiger charge is -2.16. The fourth-order valence-electron chi connectivity index (χ4n) is 3.32. The molecule has 0 aliphatic carbocycles. The van der Waals surface area contributed by atoms with Crippen LogP contribution in [0.4, 0.5) is 16.2 Å². The van der Waals surface area contributed by atoms with Gasteiger partial charge in [0.1, 0.15) is 17.2 Å². The van der Waals surface area contributed by atoms with Gasteiger partial charge in [-0.3, -0.25) is 0 Å². The van der Waals surface area contributed by atoms with Crippen LogP contribution in [0, 0.1) is 20.8 Å². The summed E-state index contributed by atoms with van der Waals surface area (Å²) in [6.07, 6.45) is 0. The zero-order valence-electron chi connectivity index (χ0n) is 18.3. The Kier molecular flexibility index (Phi) is 6.76. The smallest absolute Gasteiger partial charge is 0.323 e. The summed E-state index contributed by atoms with van der Waals surface area (Å²) >= 11 is 6.12. The Morgan fingerprint density at radius 2 is 1.55 bits per heavy atom. The number of amides is 2. The van der Waals surface area contributed by atoms with Crippen LogP contribution in [0.15, 0.2) is 48.5 Å². The molecule has 5 nitrogen and oxygen atoms in total. The number of ether oxygens (including phenoxy) is 1. The third kappa shape index (κ3) is 5.50. The minimum atomic E-state index is -0.354. The number of hydrogen-bond acceptors (Lipinski definition) is 3. The number of urea groups is 1. The lowest BCUT2D eigenvalue weighted by molar-refractivity contribution is 0.262. The van der Waals surface area contributed by atoms with Crippen LogP contribution >= 0.6 is 11.6 Å². The first-order valence-corrected chi connectivity index (χ1v) is 10.5. The maximum absolute atomic E-state index is 12.4. The standard InChI is InChI=1S/C25H27ClN2O3/c1-14(2)21-13-20(8-9-23(21)29)31-24-16(4)10-19(11-17(24)5)28-25(30)27-18-7-6-15(3)22(26)12-18/h6-14,29H,1-5H3,(H2,27,28,30). The van der Waals surface area contributed by atoms with Crippen LogP contribution in [-0.4, -0.2) is 11.1 Å². The first-order valence-electron chi connectivity index (χ1n) is 10.1. The van der Waals surface area contributed by atoms with Crippen LogP contribution in [0.2, 0.25) is 5.02 Å². The molecule has 3 aromatic rings. The molecule has 3 N–H and O–H groups in total. The predicted octanol–water partition coefficient (Wildman–Crippen LogP) is 7.53. The molecule has 2 amide bonds. The summed E-state index contributed by atoms with van der Waals surface area (Å²) in [5.41, 5.74) is 4.82. The molecule has 0 unspecified atom stereocenters. The number of carbonyl (C=O) groups is 1. The topological polar surface area (TPSA) is 70.6 Å². The number of carbonyl (C=O) groups excluding carboxylic acids is 1. The van der Waals surface area contributed by atoms with E-state index in [2.05, 4.69) is 10.6 Å². The highest BCUT2D eigenvalue weighted by Crippen LogP contribution is 2.35. The number of benzene rings is 3. The number of phenols is 1. The zero-order valence-corrected chi connectivity index (χ0v) is 19.1. The van der Waals surface area contributed by atoms with E-state index in [1.807, 2.05) is 58.9 Å². The van der Waals surface area contributed by atoms with E-state index in [0.29, 0.717) is 22.1 Å². The molecule has 0 radical (unpaired) electrons. The second-order valence-electron chi connectivity index (χ2n) is 7.96. The summed E-state index contributed by atoms with van der Waals surface area (Å²) in [5.74, 6) is 1.81. The number of aryl methyl sites for hydroxylation is 3. The SMILES string of the molecule is Cc1ccc(NC(=O)Nc2cc(C)c(Oc3ccc(O)c(C(C)C)c3)c(C)c2)cc1Cl. The summed E-state index contributed by atoms with van der Waals surface area (Å²) in [6, 6.07) is 14.0. The Morgan fingerprint density at radius 3 is 2.16 bits per heavy atom. The van der Waals surface area contributed by atoms with Crippen molar-refractivity contribution in [1.29, 1.82) is 0 Å². The van der Waals surface area contributed by atoms with Gasteiger partial charge in [-0.25, -0.2) is 4.79 Å². The molecule has 3 aromatic carbocycles. The predicted molar refractivity (Wildman–Crippen MR) is 127 cm³/mol. The third-order valence-electron chi connectivity index (χ3n) is 4.99. The molecule has 0 spiro atoms. The van der Waals surface area contributed by atoms with Gasteiger partial charge in [0.25, 0.3) is 0 Å². The fraction of sp³-hybridized carbons (Fsp3) is 0.240. The molecule has 3 rings (SSSR count). The van der Waals surface area contributed by atoms with E-state index in [1.54, 1.807) is 24.3 Å².